The second kappa shape index (κ2) is 5.15. The van der Waals surface area contributed by atoms with E-state index in [1.54, 1.807) is 0 Å². The third-order valence-corrected chi connectivity index (χ3v) is 1.91. The molecule has 2 nitrogen and oxygen atoms in total. The molecule has 0 saturated carbocycles. The number of aromatic nitrogens is 1. The summed E-state index contributed by atoms with van der Waals surface area (Å²) in [6, 6.07) is 1.19. The van der Waals surface area contributed by atoms with Crippen LogP contribution in [0, 0.1) is 11.7 Å². The summed E-state index contributed by atoms with van der Waals surface area (Å²) in [5.41, 5.74) is 0. The Morgan fingerprint density at radius 1 is 1.57 bits per heavy atom. The van der Waals surface area contributed by atoms with Crippen LogP contribution < -0.4 is 4.74 Å². The van der Waals surface area contributed by atoms with Crippen LogP contribution in [0.2, 0.25) is 5.02 Å². The predicted molar refractivity (Wildman–Crippen MR) is 54.2 cm³/mol. The first-order valence-corrected chi connectivity index (χ1v) is 4.91. The highest BCUT2D eigenvalue weighted by molar-refractivity contribution is 6.30. The Balaban J connectivity index is 2.51. The van der Waals surface area contributed by atoms with E-state index in [0.29, 0.717) is 12.5 Å². The van der Waals surface area contributed by atoms with Crippen molar-refractivity contribution in [3.63, 3.8) is 0 Å². The summed E-state index contributed by atoms with van der Waals surface area (Å²) in [6.45, 7) is 4.63. The van der Waals surface area contributed by atoms with E-state index >= 15 is 0 Å². The molecule has 0 aliphatic heterocycles. The Hall–Kier alpha value is -0.830. The molecule has 0 atom stereocenters. The average Bonchev–Trinajstić information content (AvgIpc) is 2.08. The summed E-state index contributed by atoms with van der Waals surface area (Å²) in [5.74, 6) is 0.0432. The molecule has 0 aliphatic rings. The van der Waals surface area contributed by atoms with Gasteiger partial charge in [0.25, 0.3) is 0 Å². The van der Waals surface area contributed by atoms with Crippen molar-refractivity contribution in [1.82, 2.24) is 4.98 Å². The summed E-state index contributed by atoms with van der Waals surface area (Å²) in [5, 5.41) is 0.277. The highest BCUT2D eigenvalue weighted by Crippen LogP contribution is 2.17. The van der Waals surface area contributed by atoms with Gasteiger partial charge in [0.15, 0.2) is 5.82 Å². The van der Waals surface area contributed by atoms with Crippen molar-refractivity contribution in [3.05, 3.63) is 23.1 Å². The van der Waals surface area contributed by atoms with Gasteiger partial charge < -0.3 is 4.74 Å². The molecule has 78 valence electrons. The van der Waals surface area contributed by atoms with Crippen molar-refractivity contribution in [2.45, 2.75) is 20.3 Å². The van der Waals surface area contributed by atoms with E-state index in [9.17, 15) is 4.39 Å². The van der Waals surface area contributed by atoms with E-state index in [4.69, 9.17) is 16.3 Å². The fourth-order valence-corrected chi connectivity index (χ4v) is 1.04. The van der Waals surface area contributed by atoms with Crippen molar-refractivity contribution in [2.75, 3.05) is 6.61 Å². The topological polar surface area (TPSA) is 22.1 Å². The molecule has 1 heterocycles. The van der Waals surface area contributed by atoms with Gasteiger partial charge in [-0.25, -0.2) is 9.37 Å². The van der Waals surface area contributed by atoms with Crippen molar-refractivity contribution < 1.29 is 9.13 Å². The monoisotopic (exact) mass is 217 g/mol. The van der Waals surface area contributed by atoms with Gasteiger partial charge in [-0.15, -0.1) is 0 Å². The maximum Gasteiger partial charge on any atom is 0.250 e. The molecular weight excluding hydrogens is 205 g/mol. The molecule has 0 saturated heterocycles. The molecule has 0 spiro atoms. The zero-order valence-electron chi connectivity index (χ0n) is 8.26. The van der Waals surface area contributed by atoms with Gasteiger partial charge in [0, 0.05) is 6.20 Å². The van der Waals surface area contributed by atoms with Crippen LogP contribution in [0.25, 0.3) is 0 Å². The van der Waals surface area contributed by atoms with Crippen molar-refractivity contribution in [1.29, 1.82) is 0 Å². The lowest BCUT2D eigenvalue weighted by Gasteiger charge is -2.07. The molecule has 1 aromatic heterocycles. The highest BCUT2D eigenvalue weighted by Gasteiger charge is 2.05. The van der Waals surface area contributed by atoms with Crippen LogP contribution in [-0.4, -0.2) is 11.6 Å². The van der Waals surface area contributed by atoms with Crippen molar-refractivity contribution >= 4 is 11.6 Å². The van der Waals surface area contributed by atoms with Crippen LogP contribution in [-0.2, 0) is 0 Å². The van der Waals surface area contributed by atoms with Crippen LogP contribution in [0.5, 0.6) is 5.88 Å². The van der Waals surface area contributed by atoms with E-state index in [-0.39, 0.29) is 10.9 Å². The second-order valence-corrected chi connectivity index (χ2v) is 3.91. The van der Waals surface area contributed by atoms with E-state index < -0.39 is 5.82 Å². The Kier molecular flexibility index (Phi) is 4.14. The summed E-state index contributed by atoms with van der Waals surface area (Å²) >= 11 is 5.54. The molecular formula is C10H13ClFNO. The minimum absolute atomic E-state index is 0.0232. The molecule has 0 aliphatic carbocycles. The molecule has 0 fully saturated rings. The third-order valence-electron chi connectivity index (χ3n) is 1.71. The van der Waals surface area contributed by atoms with Gasteiger partial charge >= 0.3 is 0 Å². The van der Waals surface area contributed by atoms with E-state index in [0.717, 1.165) is 6.42 Å². The first-order valence-electron chi connectivity index (χ1n) is 4.53. The van der Waals surface area contributed by atoms with Crippen molar-refractivity contribution in [2.24, 2.45) is 5.92 Å². The number of nitrogens with zero attached hydrogens (tertiary/aromatic N) is 1. The standard InChI is InChI=1S/C10H13ClFNO/c1-7(2)3-4-14-10-9(12)5-8(11)6-13-10/h5-7H,3-4H2,1-2H3. The lowest BCUT2D eigenvalue weighted by molar-refractivity contribution is 0.266. The lowest BCUT2D eigenvalue weighted by atomic mass is 10.1. The van der Waals surface area contributed by atoms with Gasteiger partial charge in [0.2, 0.25) is 5.88 Å². The van der Waals surface area contributed by atoms with Crippen LogP contribution in [0.4, 0.5) is 4.39 Å². The quantitative estimate of drug-likeness (QED) is 0.772. The third kappa shape index (κ3) is 3.50. The molecule has 14 heavy (non-hydrogen) atoms. The predicted octanol–water partition coefficient (Wildman–Crippen LogP) is 3.30. The van der Waals surface area contributed by atoms with E-state index in [2.05, 4.69) is 18.8 Å². The maximum absolute atomic E-state index is 13.1. The normalized spacial score (nSPS) is 10.6. The highest BCUT2D eigenvalue weighted by atomic mass is 35.5. The molecule has 0 aromatic carbocycles. The Bertz CT molecular complexity index is 304. The largest absolute Gasteiger partial charge is 0.476 e. The fraction of sp³-hybridized carbons (Fsp3) is 0.500. The molecule has 0 amide bonds. The SMILES string of the molecule is CC(C)CCOc1ncc(Cl)cc1F. The van der Waals surface area contributed by atoms with Crippen LogP contribution in [0.15, 0.2) is 12.3 Å². The number of pyridine rings is 1. The smallest absolute Gasteiger partial charge is 0.250 e. The molecule has 4 heteroatoms. The summed E-state index contributed by atoms with van der Waals surface area (Å²) < 4.78 is 18.3. The number of hydrogen-bond donors (Lipinski definition) is 0. The number of halogens is 2. The Morgan fingerprint density at radius 3 is 2.86 bits per heavy atom. The second-order valence-electron chi connectivity index (χ2n) is 3.47. The molecule has 0 radical (unpaired) electrons. The van der Waals surface area contributed by atoms with Crippen LogP contribution >= 0.6 is 11.6 Å². The van der Waals surface area contributed by atoms with Gasteiger partial charge in [-0.3, -0.25) is 0 Å². The lowest BCUT2D eigenvalue weighted by Crippen LogP contribution is -2.04. The first-order chi connectivity index (χ1) is 6.59. The Labute approximate surface area is 88.1 Å². The first kappa shape index (κ1) is 11.2. The van der Waals surface area contributed by atoms with Crippen molar-refractivity contribution in [3.8, 4) is 5.88 Å². The van der Waals surface area contributed by atoms with Crippen LogP contribution in [0.1, 0.15) is 20.3 Å². The fourth-order valence-electron chi connectivity index (χ4n) is 0.900. The van der Waals surface area contributed by atoms with Gasteiger partial charge in [-0.05, 0) is 18.4 Å². The van der Waals surface area contributed by atoms with E-state index in [1.807, 2.05) is 0 Å². The minimum atomic E-state index is -0.513. The molecule has 1 aromatic rings. The zero-order valence-corrected chi connectivity index (χ0v) is 9.01. The van der Waals surface area contributed by atoms with Gasteiger partial charge in [-0.2, -0.15) is 0 Å². The molecule has 1 rings (SSSR count). The summed E-state index contributed by atoms with van der Waals surface area (Å²) in [4.78, 5) is 3.75. The molecule has 0 N–H and O–H groups in total. The van der Waals surface area contributed by atoms with Gasteiger partial charge in [0.05, 0.1) is 11.6 Å². The minimum Gasteiger partial charge on any atom is -0.476 e. The molecule has 0 bridgehead atoms. The number of rotatable bonds is 4. The summed E-state index contributed by atoms with van der Waals surface area (Å²) in [7, 11) is 0. The van der Waals surface area contributed by atoms with Gasteiger partial charge in [0.1, 0.15) is 0 Å². The van der Waals surface area contributed by atoms with Crippen LogP contribution in [0.3, 0.4) is 0 Å². The number of hydrogen-bond acceptors (Lipinski definition) is 2. The Morgan fingerprint density at radius 2 is 2.29 bits per heavy atom. The summed E-state index contributed by atoms with van der Waals surface area (Å²) in [6.07, 6.45) is 2.25. The zero-order chi connectivity index (χ0) is 10.6. The average molecular weight is 218 g/mol. The van der Waals surface area contributed by atoms with Gasteiger partial charge in [-0.1, -0.05) is 25.4 Å². The molecule has 0 unspecified atom stereocenters. The van der Waals surface area contributed by atoms with E-state index in [1.165, 1.54) is 12.3 Å². The maximum atomic E-state index is 13.1. The number of ether oxygens (including phenoxy) is 1.